The molecule has 3 heterocycles. The van der Waals surface area contributed by atoms with Crippen molar-refractivity contribution in [3.8, 4) is 5.69 Å². The van der Waals surface area contributed by atoms with E-state index in [1.54, 1.807) is 6.20 Å². The number of carbonyl (C=O) groups is 1. The lowest BCUT2D eigenvalue weighted by Crippen LogP contribution is -2.50. The Hall–Kier alpha value is -2.24. The predicted octanol–water partition coefficient (Wildman–Crippen LogP) is -0.249. The van der Waals surface area contributed by atoms with Crippen LogP contribution in [0.5, 0.6) is 0 Å². The molecular formula is C15H19B2N5O. The predicted molar refractivity (Wildman–Crippen MR) is 94.6 cm³/mol. The first kappa shape index (κ1) is 14.4. The normalized spacial score (nSPS) is 18.3. The van der Waals surface area contributed by atoms with Crippen molar-refractivity contribution in [1.29, 1.82) is 0 Å². The second-order valence-electron chi connectivity index (χ2n) is 6.99. The number of hydrogen-bond acceptors (Lipinski definition) is 4. The van der Waals surface area contributed by atoms with Crippen LogP contribution in [0.25, 0.3) is 5.69 Å². The van der Waals surface area contributed by atoms with E-state index in [1.165, 1.54) is 0 Å². The second-order valence-corrected chi connectivity index (χ2v) is 6.99. The molecule has 0 aromatic carbocycles. The zero-order chi connectivity index (χ0) is 16.4. The molecule has 1 fully saturated rings. The molecule has 2 aromatic rings. The molecule has 2 aliphatic rings. The Labute approximate surface area is 137 Å². The molecule has 0 bridgehead atoms. The molecule has 0 saturated heterocycles. The van der Waals surface area contributed by atoms with Crippen molar-refractivity contribution in [1.82, 2.24) is 14.8 Å². The first-order valence-corrected chi connectivity index (χ1v) is 8.01. The van der Waals surface area contributed by atoms with Crippen molar-refractivity contribution in [3.63, 3.8) is 0 Å². The third-order valence-electron chi connectivity index (χ3n) is 4.95. The van der Waals surface area contributed by atoms with Gasteiger partial charge in [-0.2, -0.15) is 5.10 Å². The van der Waals surface area contributed by atoms with Crippen LogP contribution in [0, 0.1) is 12.8 Å². The highest BCUT2D eigenvalue weighted by atomic mass is 16.2. The van der Waals surface area contributed by atoms with Gasteiger partial charge in [0, 0.05) is 24.5 Å². The minimum atomic E-state index is -0.240. The van der Waals surface area contributed by atoms with Crippen LogP contribution >= 0.6 is 0 Å². The van der Waals surface area contributed by atoms with Crippen molar-refractivity contribution in [2.24, 2.45) is 5.92 Å². The van der Waals surface area contributed by atoms with Crippen molar-refractivity contribution < 1.29 is 4.79 Å². The van der Waals surface area contributed by atoms with E-state index < -0.39 is 0 Å². The summed E-state index contributed by atoms with van der Waals surface area (Å²) < 4.78 is 1.97. The molecule has 8 heteroatoms. The number of nitrogens with one attached hydrogen (secondary N) is 1. The van der Waals surface area contributed by atoms with Gasteiger partial charge in [-0.25, -0.2) is 9.67 Å². The van der Waals surface area contributed by atoms with Crippen molar-refractivity contribution in [2.45, 2.75) is 25.1 Å². The Morgan fingerprint density at radius 1 is 1.43 bits per heavy atom. The van der Waals surface area contributed by atoms with Gasteiger partial charge in [-0.05, 0) is 31.9 Å². The lowest BCUT2D eigenvalue weighted by molar-refractivity contribution is -0.117. The van der Waals surface area contributed by atoms with Gasteiger partial charge in [-0.15, -0.1) is 0 Å². The minimum absolute atomic E-state index is 0.0690. The maximum atomic E-state index is 12.2. The SMILES string of the molecule is BC1(B)c2cc(C)nn2-c2ccnc(NC(=O)C3CC3)c2N1C. The molecule has 1 N–H and O–H groups in total. The van der Waals surface area contributed by atoms with Crippen molar-refractivity contribution in [3.05, 3.63) is 29.7 Å². The van der Waals surface area contributed by atoms with Gasteiger partial charge in [0.05, 0.1) is 17.1 Å². The fraction of sp³-hybridized carbons (Fsp3) is 0.400. The summed E-state index contributed by atoms with van der Waals surface area (Å²) in [5, 5.41) is 7.41. The Morgan fingerprint density at radius 3 is 2.87 bits per heavy atom. The number of rotatable bonds is 2. The average Bonchev–Trinajstić information content (AvgIpc) is 3.27. The maximum absolute atomic E-state index is 12.2. The molecule has 0 radical (unpaired) electrons. The van der Waals surface area contributed by atoms with Crippen molar-refractivity contribution in [2.75, 3.05) is 17.3 Å². The Kier molecular flexibility index (Phi) is 2.89. The molecule has 1 saturated carbocycles. The molecule has 1 aliphatic heterocycles. The summed E-state index contributed by atoms with van der Waals surface area (Å²) in [6.45, 7) is 2.00. The van der Waals surface area contributed by atoms with Crippen LogP contribution in [0.2, 0.25) is 0 Å². The Bertz CT molecular complexity index is 812. The van der Waals surface area contributed by atoms with E-state index in [4.69, 9.17) is 0 Å². The number of anilines is 2. The van der Waals surface area contributed by atoms with Crippen LogP contribution < -0.4 is 10.2 Å². The minimum Gasteiger partial charge on any atom is -0.374 e. The standard InChI is InChI=1S/C15H19B2N5O/c1-8-7-11-15(16,17)21(2)12-10(22(11)20-8)5-6-18-13(12)19-14(23)9-3-4-9/h5-7,9H,3-4,16-17H2,1-2H3,(H,18,19,23). The molecule has 0 unspecified atom stereocenters. The summed E-state index contributed by atoms with van der Waals surface area (Å²) in [5.41, 5.74) is 3.99. The molecule has 0 atom stereocenters. The Morgan fingerprint density at radius 2 is 2.17 bits per heavy atom. The van der Waals surface area contributed by atoms with Crippen LogP contribution in [0.1, 0.15) is 24.2 Å². The van der Waals surface area contributed by atoms with Gasteiger partial charge in [-0.3, -0.25) is 4.79 Å². The zero-order valence-corrected chi connectivity index (χ0v) is 13.9. The summed E-state index contributed by atoms with van der Waals surface area (Å²) in [6, 6.07) is 4.06. The first-order valence-electron chi connectivity index (χ1n) is 8.01. The second kappa shape index (κ2) is 4.63. The summed E-state index contributed by atoms with van der Waals surface area (Å²) in [4.78, 5) is 18.8. The van der Waals surface area contributed by atoms with E-state index in [9.17, 15) is 4.79 Å². The number of fused-ring (bicyclic) bond motifs is 3. The highest BCUT2D eigenvalue weighted by Crippen LogP contribution is 2.42. The number of aromatic nitrogens is 3. The molecule has 23 heavy (non-hydrogen) atoms. The number of carbonyl (C=O) groups excluding carboxylic acids is 1. The number of amides is 1. The van der Waals surface area contributed by atoms with Crippen LogP contribution in [0.4, 0.5) is 11.5 Å². The van der Waals surface area contributed by atoms with Crippen LogP contribution in [-0.2, 0) is 10.1 Å². The van der Waals surface area contributed by atoms with E-state index in [-0.39, 0.29) is 17.2 Å². The van der Waals surface area contributed by atoms with Crippen molar-refractivity contribution >= 4 is 33.1 Å². The van der Waals surface area contributed by atoms with Gasteiger partial charge in [0.25, 0.3) is 0 Å². The monoisotopic (exact) mass is 307 g/mol. The van der Waals surface area contributed by atoms with Crippen LogP contribution in [0.15, 0.2) is 18.3 Å². The van der Waals surface area contributed by atoms with E-state index in [0.29, 0.717) is 5.82 Å². The van der Waals surface area contributed by atoms with E-state index in [0.717, 1.165) is 35.6 Å². The number of pyridine rings is 1. The number of hydrogen-bond donors (Lipinski definition) is 1. The van der Waals surface area contributed by atoms with Gasteiger partial charge < -0.3 is 10.2 Å². The first-order chi connectivity index (χ1) is 10.9. The maximum Gasteiger partial charge on any atom is 0.228 e. The summed E-state index contributed by atoms with van der Waals surface area (Å²) >= 11 is 0. The van der Waals surface area contributed by atoms with Crippen LogP contribution in [0.3, 0.4) is 0 Å². The average molecular weight is 307 g/mol. The molecule has 1 aliphatic carbocycles. The van der Waals surface area contributed by atoms with E-state index in [1.807, 2.05) is 24.7 Å². The van der Waals surface area contributed by atoms with Gasteiger partial charge >= 0.3 is 0 Å². The van der Waals surface area contributed by atoms with Gasteiger partial charge in [0.15, 0.2) is 5.82 Å². The summed E-state index contributed by atoms with van der Waals surface area (Å²) in [5.74, 6) is 0.838. The fourth-order valence-electron chi connectivity index (χ4n) is 3.17. The van der Waals surface area contributed by atoms with E-state index in [2.05, 4.69) is 42.1 Å². The molecule has 0 spiro atoms. The van der Waals surface area contributed by atoms with E-state index >= 15 is 0 Å². The highest BCUT2D eigenvalue weighted by molar-refractivity contribution is 6.41. The van der Waals surface area contributed by atoms with Gasteiger partial charge in [0.2, 0.25) is 5.91 Å². The summed E-state index contributed by atoms with van der Waals surface area (Å²) in [6.07, 6.45) is 3.68. The third kappa shape index (κ3) is 2.08. The fourth-order valence-corrected chi connectivity index (χ4v) is 3.17. The quantitative estimate of drug-likeness (QED) is 0.777. The summed E-state index contributed by atoms with van der Waals surface area (Å²) in [7, 11) is 6.35. The number of aryl methyl sites for hydroxylation is 1. The molecule has 6 nitrogen and oxygen atoms in total. The zero-order valence-electron chi connectivity index (χ0n) is 13.9. The molecular weight excluding hydrogens is 288 g/mol. The van der Waals surface area contributed by atoms with Gasteiger partial charge in [-0.1, -0.05) is 0 Å². The third-order valence-corrected chi connectivity index (χ3v) is 4.95. The van der Waals surface area contributed by atoms with Crippen LogP contribution in [-0.4, -0.2) is 43.4 Å². The van der Waals surface area contributed by atoms with Gasteiger partial charge in [0.1, 0.15) is 21.4 Å². The lowest BCUT2D eigenvalue weighted by atomic mass is 9.58. The smallest absolute Gasteiger partial charge is 0.228 e. The largest absolute Gasteiger partial charge is 0.374 e. The topological polar surface area (TPSA) is 63.1 Å². The number of nitrogens with zero attached hydrogens (tertiary/aromatic N) is 4. The molecule has 4 rings (SSSR count). The molecule has 1 amide bonds. The lowest BCUT2D eigenvalue weighted by Gasteiger charge is -2.43. The Balaban J connectivity index is 1.88. The highest BCUT2D eigenvalue weighted by Gasteiger charge is 2.39. The molecule has 2 aromatic heterocycles. The molecule has 116 valence electrons.